The quantitative estimate of drug-likeness (QED) is 0.112. The van der Waals surface area contributed by atoms with Crippen molar-refractivity contribution in [2.24, 2.45) is 0 Å². The van der Waals surface area contributed by atoms with Gasteiger partial charge in [0.15, 0.2) is 0 Å². The maximum atomic E-state index is 13.3. The Bertz CT molecular complexity index is 2370. The maximum Gasteiger partial charge on any atom is 0.306 e. The number of aromatic amines is 2. The third-order valence-corrected chi connectivity index (χ3v) is 12.5. The lowest BCUT2D eigenvalue weighted by Crippen LogP contribution is -2.10. The van der Waals surface area contributed by atoms with Crippen molar-refractivity contribution in [2.45, 2.75) is 145 Å². The first-order valence-corrected chi connectivity index (χ1v) is 21.3. The Balaban J connectivity index is 1.36. The molecule has 0 unspecified atom stereocenters. The summed E-state index contributed by atoms with van der Waals surface area (Å²) in [4.78, 5) is 31.2. The zero-order valence-electron chi connectivity index (χ0n) is 36.7. The average Bonchev–Trinajstić information content (AvgIpc) is 3.94. The summed E-state index contributed by atoms with van der Waals surface area (Å²) < 4.78 is 5.77. The van der Waals surface area contributed by atoms with Crippen LogP contribution < -0.4 is 0 Å². The summed E-state index contributed by atoms with van der Waals surface area (Å²) >= 11 is 0. The van der Waals surface area contributed by atoms with Crippen LogP contribution in [0.1, 0.15) is 182 Å². The molecule has 6 rings (SSSR count). The highest BCUT2D eigenvalue weighted by atomic mass is 16.5. The van der Waals surface area contributed by atoms with Crippen LogP contribution in [-0.4, -0.2) is 48.8 Å². The summed E-state index contributed by atoms with van der Waals surface area (Å²) in [5, 5.41) is 22.6. The minimum atomic E-state index is -0.721. The number of rotatable bonds is 14. The van der Waals surface area contributed by atoms with Gasteiger partial charge in [-0.05, 0) is 152 Å². The largest absolute Gasteiger partial charge is 0.507 e. The molecule has 0 fully saturated rings. The number of ether oxygens (including phenoxy) is 1. The highest BCUT2D eigenvalue weighted by Crippen LogP contribution is 2.47. The van der Waals surface area contributed by atoms with Gasteiger partial charge in [0.05, 0.1) is 34.4 Å². The molecule has 0 spiro atoms. The number of carbonyl (C=O) groups excluding carboxylic acids is 1. The van der Waals surface area contributed by atoms with Crippen molar-refractivity contribution < 1.29 is 19.7 Å². The fourth-order valence-electron chi connectivity index (χ4n) is 9.20. The second kappa shape index (κ2) is 17.9. The number of carbonyl (C=O) groups is 1. The molecule has 8 nitrogen and oxygen atoms in total. The van der Waals surface area contributed by atoms with E-state index in [9.17, 15) is 15.0 Å². The Morgan fingerprint density at radius 3 is 2.26 bits per heavy atom. The molecule has 0 aromatic carbocycles. The predicted octanol–water partition coefficient (Wildman–Crippen LogP) is 12.6. The topological polar surface area (TPSA) is 124 Å². The van der Waals surface area contributed by atoms with Crippen molar-refractivity contribution in [1.29, 1.82) is 0 Å². The second-order valence-electron chi connectivity index (χ2n) is 16.9. The van der Waals surface area contributed by atoms with Gasteiger partial charge in [0.1, 0.15) is 12.4 Å². The number of allylic oxidation sites excluding steroid dienone is 8. The van der Waals surface area contributed by atoms with Gasteiger partial charge in [0.2, 0.25) is 0 Å². The van der Waals surface area contributed by atoms with Crippen molar-refractivity contribution in [1.82, 2.24) is 19.9 Å². The van der Waals surface area contributed by atoms with Crippen LogP contribution in [0.25, 0.3) is 45.2 Å². The lowest BCUT2D eigenvalue weighted by Gasteiger charge is -2.18. The SMILES string of the molecule is CCC1=C(C)c2cc3nc(c(C)c4[nH]c(c5c6[nH]c(cc1n2)c(CC)c6C(O)=C5)[C@@H](CCC(=O)OC/C=C(\C)CC/C=C(\C)CCC=C(C)C)[C@@H]4C)C(C)=C3[C@@H](C)O. The van der Waals surface area contributed by atoms with Crippen LogP contribution in [0.3, 0.4) is 0 Å². The van der Waals surface area contributed by atoms with Crippen LogP contribution in [0.2, 0.25) is 0 Å². The fraction of sp³-hybridized carbons (Fsp3) is 0.460. The smallest absolute Gasteiger partial charge is 0.306 e. The highest BCUT2D eigenvalue weighted by Gasteiger charge is 2.35. The van der Waals surface area contributed by atoms with Gasteiger partial charge < -0.3 is 24.9 Å². The summed E-state index contributed by atoms with van der Waals surface area (Å²) in [5.41, 5.74) is 18.8. The van der Waals surface area contributed by atoms with Crippen molar-refractivity contribution in [2.75, 3.05) is 6.61 Å². The molecule has 1 aliphatic carbocycles. The molecule has 5 heterocycles. The molecule has 0 saturated carbocycles. The number of fused-ring (bicyclic) bond motifs is 8. The Morgan fingerprint density at radius 2 is 1.59 bits per heavy atom. The van der Waals surface area contributed by atoms with Gasteiger partial charge in [-0.3, -0.25) is 4.79 Å². The zero-order chi connectivity index (χ0) is 42.0. The summed E-state index contributed by atoms with van der Waals surface area (Å²) in [6, 6.07) is 4.13. The van der Waals surface area contributed by atoms with Gasteiger partial charge >= 0.3 is 5.97 Å². The molecule has 0 saturated heterocycles. The molecular formula is C50H64N4O4. The Kier molecular flexibility index (Phi) is 13.2. The number of hydrogen-bond donors (Lipinski definition) is 4. The highest BCUT2D eigenvalue weighted by molar-refractivity contribution is 6.02. The van der Waals surface area contributed by atoms with Crippen molar-refractivity contribution in [3.8, 4) is 0 Å². The average molecular weight is 785 g/mol. The number of aliphatic hydroxyl groups is 2. The van der Waals surface area contributed by atoms with Crippen LogP contribution in [0, 0.1) is 6.92 Å². The normalized spacial score (nSPS) is 17.8. The lowest BCUT2D eigenvalue weighted by atomic mass is 9.84. The molecule has 4 N–H and O–H groups in total. The van der Waals surface area contributed by atoms with Crippen LogP contribution in [-0.2, 0) is 16.0 Å². The standard InChI is InChI=1S/C50H64N4O4/c1-12-35-30(7)39-25-42-45(34(11)55)32(9)48(53-42)33(10)47-31(8)37(20-21-44(57)58-23-22-29(6)19-15-18-28(5)17-14-16-27(3)4)49(54-47)38-24-43(56)46-36(13-2)41(52-50(38)46)26-40(35)51-39/h16,18,22,24-26,31,34,37,52,54-56H,12-15,17,19-21,23H2,1-11H3/b28-18+,29-22+,40-26?,42-25?,47-33?,49-38?/t31-,34+,37-/m0/s1. The summed E-state index contributed by atoms with van der Waals surface area (Å²) in [6.07, 6.45) is 14.2. The number of hydrogen-bond acceptors (Lipinski definition) is 6. The number of nitrogens with one attached hydrogen (secondary N) is 2. The van der Waals surface area contributed by atoms with E-state index in [1.807, 2.05) is 25.1 Å². The molecule has 3 aliphatic heterocycles. The molecule has 3 atom stereocenters. The minimum Gasteiger partial charge on any atom is -0.507 e. The van der Waals surface area contributed by atoms with Gasteiger partial charge in [0.25, 0.3) is 0 Å². The zero-order valence-corrected chi connectivity index (χ0v) is 36.7. The van der Waals surface area contributed by atoms with E-state index in [4.69, 9.17) is 14.7 Å². The van der Waals surface area contributed by atoms with Crippen LogP contribution >= 0.6 is 0 Å². The van der Waals surface area contributed by atoms with E-state index in [0.29, 0.717) is 6.42 Å². The molecule has 8 bridgehead atoms. The number of aryl methyl sites for hydroxylation is 1. The van der Waals surface area contributed by atoms with Crippen molar-refractivity contribution >= 4 is 51.1 Å². The van der Waals surface area contributed by atoms with Crippen LogP contribution in [0.15, 0.2) is 47.1 Å². The monoisotopic (exact) mass is 784 g/mol. The third-order valence-electron chi connectivity index (χ3n) is 12.5. The lowest BCUT2D eigenvalue weighted by molar-refractivity contribution is -0.142. The molecule has 0 radical (unpaired) electrons. The maximum absolute atomic E-state index is 13.3. The molecular weight excluding hydrogens is 721 g/mol. The molecule has 2 aromatic heterocycles. The summed E-state index contributed by atoms with van der Waals surface area (Å²) in [7, 11) is 0. The van der Waals surface area contributed by atoms with Crippen molar-refractivity contribution in [3.63, 3.8) is 0 Å². The molecule has 0 amide bonds. The van der Waals surface area contributed by atoms with E-state index in [1.165, 1.54) is 16.7 Å². The summed E-state index contributed by atoms with van der Waals surface area (Å²) in [6.45, 7) is 23.3. The van der Waals surface area contributed by atoms with Crippen LogP contribution in [0.4, 0.5) is 0 Å². The van der Waals surface area contributed by atoms with E-state index < -0.39 is 6.10 Å². The van der Waals surface area contributed by atoms with Gasteiger partial charge in [-0.15, -0.1) is 0 Å². The predicted molar refractivity (Wildman–Crippen MR) is 241 cm³/mol. The van der Waals surface area contributed by atoms with Gasteiger partial charge in [-0.2, -0.15) is 0 Å². The fourth-order valence-corrected chi connectivity index (χ4v) is 9.20. The van der Waals surface area contributed by atoms with E-state index in [0.717, 1.165) is 128 Å². The molecule has 58 heavy (non-hydrogen) atoms. The van der Waals surface area contributed by atoms with Crippen molar-refractivity contribution in [3.05, 3.63) is 103 Å². The number of aromatic nitrogens is 4. The summed E-state index contributed by atoms with van der Waals surface area (Å²) in [5.74, 6) is -0.0448. The minimum absolute atomic E-state index is 0.00431. The number of nitrogens with zero attached hydrogens (tertiary/aromatic N) is 2. The molecule has 8 heteroatoms. The number of H-pyrrole nitrogens is 2. The van der Waals surface area contributed by atoms with Gasteiger partial charge in [0, 0.05) is 51.9 Å². The Labute approximate surface area is 345 Å². The Morgan fingerprint density at radius 1 is 0.879 bits per heavy atom. The first-order valence-electron chi connectivity index (χ1n) is 21.3. The number of aliphatic hydroxyl groups excluding tert-OH is 2. The Hall–Kier alpha value is -4.95. The van der Waals surface area contributed by atoms with E-state index in [1.54, 1.807) is 6.92 Å². The van der Waals surface area contributed by atoms with E-state index in [2.05, 4.69) is 90.5 Å². The van der Waals surface area contributed by atoms with E-state index in [-0.39, 0.29) is 36.6 Å². The molecule has 4 aliphatic rings. The number of esters is 1. The molecule has 2 aromatic rings. The first kappa shape index (κ1) is 42.7. The second-order valence-corrected chi connectivity index (χ2v) is 16.9. The van der Waals surface area contributed by atoms with Gasteiger partial charge in [-0.25, -0.2) is 9.97 Å². The van der Waals surface area contributed by atoms with Crippen LogP contribution in [0.5, 0.6) is 0 Å². The van der Waals surface area contributed by atoms with Gasteiger partial charge in [-0.1, -0.05) is 49.6 Å². The first-order chi connectivity index (χ1) is 27.6. The molecule has 308 valence electrons. The van der Waals surface area contributed by atoms with E-state index >= 15 is 0 Å². The third kappa shape index (κ3) is 8.58.